The van der Waals surface area contributed by atoms with Crippen LogP contribution in [0.1, 0.15) is 33.1 Å². The van der Waals surface area contributed by atoms with E-state index in [2.05, 4.69) is 19.2 Å². The van der Waals surface area contributed by atoms with Crippen molar-refractivity contribution in [2.45, 2.75) is 39.2 Å². The van der Waals surface area contributed by atoms with Gasteiger partial charge in [-0.15, -0.1) is 0 Å². The highest BCUT2D eigenvalue weighted by Crippen LogP contribution is 2.34. The smallest absolute Gasteiger partial charge is 0.157 e. The van der Waals surface area contributed by atoms with Crippen LogP contribution >= 0.6 is 0 Å². The molecule has 1 saturated carbocycles. The normalized spacial score (nSPS) is 38.5. The molecule has 2 aliphatic carbocycles. The molecule has 3 unspecified atom stereocenters. The molecule has 0 spiro atoms. The van der Waals surface area contributed by atoms with Gasteiger partial charge in [-0.2, -0.15) is 0 Å². The standard InChI is InChI=1S/C11H17NO/c1-7-5-11(8(7)2)12-9-3-4-10(13)6-9/h6-8,11-12H,3-5H2,1-2H3. The number of allylic oxidation sites excluding steroid dienone is 2. The average Bonchev–Trinajstić information content (AvgIpc) is 2.50. The van der Waals surface area contributed by atoms with Gasteiger partial charge in [0.1, 0.15) is 0 Å². The van der Waals surface area contributed by atoms with Crippen molar-refractivity contribution in [1.29, 1.82) is 0 Å². The molecule has 2 nitrogen and oxygen atoms in total. The maximum atomic E-state index is 11.0. The van der Waals surface area contributed by atoms with Crippen LogP contribution in [0.3, 0.4) is 0 Å². The van der Waals surface area contributed by atoms with E-state index >= 15 is 0 Å². The SMILES string of the molecule is CC1CC(NC2=CC(=O)CC2)C1C. The summed E-state index contributed by atoms with van der Waals surface area (Å²) >= 11 is 0. The van der Waals surface area contributed by atoms with Gasteiger partial charge in [-0.25, -0.2) is 0 Å². The summed E-state index contributed by atoms with van der Waals surface area (Å²) in [5.41, 5.74) is 1.16. The van der Waals surface area contributed by atoms with E-state index in [1.807, 2.05) is 0 Å². The van der Waals surface area contributed by atoms with Crippen LogP contribution in [-0.4, -0.2) is 11.8 Å². The minimum absolute atomic E-state index is 0.280. The van der Waals surface area contributed by atoms with Crippen LogP contribution in [0.25, 0.3) is 0 Å². The fourth-order valence-corrected chi connectivity index (χ4v) is 2.17. The molecule has 3 atom stereocenters. The van der Waals surface area contributed by atoms with Crippen LogP contribution in [0, 0.1) is 11.8 Å². The molecule has 0 aromatic carbocycles. The molecule has 0 aliphatic heterocycles. The second-order valence-corrected chi connectivity index (χ2v) is 4.46. The highest BCUT2D eigenvalue weighted by atomic mass is 16.1. The molecule has 0 aromatic rings. The summed E-state index contributed by atoms with van der Waals surface area (Å²) in [6.45, 7) is 4.57. The van der Waals surface area contributed by atoms with Crippen LogP contribution in [-0.2, 0) is 4.79 Å². The van der Waals surface area contributed by atoms with E-state index in [1.165, 1.54) is 6.42 Å². The number of carbonyl (C=O) groups excluding carboxylic acids is 1. The number of hydrogen-bond donors (Lipinski definition) is 1. The van der Waals surface area contributed by atoms with Crippen molar-refractivity contribution >= 4 is 5.78 Å². The molecule has 2 heteroatoms. The second-order valence-electron chi connectivity index (χ2n) is 4.46. The molecule has 1 fully saturated rings. The molecule has 1 N–H and O–H groups in total. The topological polar surface area (TPSA) is 29.1 Å². The van der Waals surface area contributed by atoms with Gasteiger partial charge in [0.15, 0.2) is 5.78 Å². The Morgan fingerprint density at radius 1 is 1.38 bits per heavy atom. The quantitative estimate of drug-likeness (QED) is 0.701. The van der Waals surface area contributed by atoms with Crippen molar-refractivity contribution in [3.8, 4) is 0 Å². The summed E-state index contributed by atoms with van der Waals surface area (Å²) in [4.78, 5) is 11.0. The van der Waals surface area contributed by atoms with Crippen LogP contribution in [0.2, 0.25) is 0 Å². The first-order valence-corrected chi connectivity index (χ1v) is 5.17. The van der Waals surface area contributed by atoms with Crippen molar-refractivity contribution in [3.05, 3.63) is 11.8 Å². The Labute approximate surface area is 79.4 Å². The van der Waals surface area contributed by atoms with Gasteiger partial charge in [0.25, 0.3) is 0 Å². The van der Waals surface area contributed by atoms with E-state index in [0.717, 1.165) is 24.0 Å². The molecule has 72 valence electrons. The monoisotopic (exact) mass is 179 g/mol. The molecule has 0 aromatic heterocycles. The van der Waals surface area contributed by atoms with E-state index in [1.54, 1.807) is 6.08 Å². The predicted molar refractivity (Wildman–Crippen MR) is 52.2 cm³/mol. The first kappa shape index (κ1) is 8.79. The zero-order valence-corrected chi connectivity index (χ0v) is 8.34. The van der Waals surface area contributed by atoms with Gasteiger partial charge in [0, 0.05) is 24.2 Å². The summed E-state index contributed by atoms with van der Waals surface area (Å²) in [6, 6.07) is 0.618. The highest BCUT2D eigenvalue weighted by Gasteiger charge is 2.34. The maximum absolute atomic E-state index is 11.0. The lowest BCUT2D eigenvalue weighted by Gasteiger charge is -2.42. The third-order valence-electron chi connectivity index (χ3n) is 3.50. The van der Waals surface area contributed by atoms with Crippen molar-refractivity contribution in [3.63, 3.8) is 0 Å². The van der Waals surface area contributed by atoms with Crippen molar-refractivity contribution < 1.29 is 4.79 Å². The highest BCUT2D eigenvalue weighted by molar-refractivity contribution is 5.92. The Balaban J connectivity index is 1.86. The van der Waals surface area contributed by atoms with E-state index in [0.29, 0.717) is 12.5 Å². The zero-order chi connectivity index (χ0) is 9.42. The van der Waals surface area contributed by atoms with E-state index in [9.17, 15) is 4.79 Å². The lowest BCUT2D eigenvalue weighted by Crippen LogP contribution is -2.47. The minimum Gasteiger partial charge on any atom is -0.385 e. The van der Waals surface area contributed by atoms with Crippen molar-refractivity contribution in [1.82, 2.24) is 5.32 Å². The molecule has 2 rings (SSSR count). The third kappa shape index (κ3) is 1.62. The minimum atomic E-state index is 0.280. The molecular weight excluding hydrogens is 162 g/mol. The first-order chi connectivity index (χ1) is 6.16. The van der Waals surface area contributed by atoms with Gasteiger partial charge in [0.2, 0.25) is 0 Å². The summed E-state index contributed by atoms with van der Waals surface area (Å²) < 4.78 is 0. The van der Waals surface area contributed by atoms with Crippen LogP contribution in [0.5, 0.6) is 0 Å². The van der Waals surface area contributed by atoms with E-state index in [4.69, 9.17) is 0 Å². The second kappa shape index (κ2) is 3.17. The Bertz CT molecular complexity index is 257. The average molecular weight is 179 g/mol. The summed E-state index contributed by atoms with van der Waals surface area (Å²) in [6.07, 6.45) is 4.66. The first-order valence-electron chi connectivity index (χ1n) is 5.17. The van der Waals surface area contributed by atoms with Gasteiger partial charge in [0.05, 0.1) is 0 Å². The number of rotatable bonds is 2. The van der Waals surface area contributed by atoms with Crippen molar-refractivity contribution in [2.75, 3.05) is 0 Å². The lowest BCUT2D eigenvalue weighted by molar-refractivity contribution is -0.114. The largest absolute Gasteiger partial charge is 0.385 e. The Morgan fingerprint density at radius 3 is 2.62 bits per heavy atom. The molecule has 2 aliphatic rings. The van der Waals surface area contributed by atoms with E-state index in [-0.39, 0.29) is 5.78 Å². The summed E-state index contributed by atoms with van der Waals surface area (Å²) in [5, 5.41) is 3.47. The Hall–Kier alpha value is -0.790. The van der Waals surface area contributed by atoms with Gasteiger partial charge in [-0.3, -0.25) is 4.79 Å². The molecule has 0 bridgehead atoms. The maximum Gasteiger partial charge on any atom is 0.157 e. The third-order valence-corrected chi connectivity index (χ3v) is 3.50. The molecule has 0 heterocycles. The van der Waals surface area contributed by atoms with Gasteiger partial charge in [-0.1, -0.05) is 13.8 Å². The molecule has 0 radical (unpaired) electrons. The summed E-state index contributed by atoms with van der Waals surface area (Å²) in [5.74, 6) is 1.88. The van der Waals surface area contributed by atoms with E-state index < -0.39 is 0 Å². The fraction of sp³-hybridized carbons (Fsp3) is 0.727. The molecule has 13 heavy (non-hydrogen) atoms. The lowest BCUT2D eigenvalue weighted by atomic mass is 9.71. The predicted octanol–water partition coefficient (Wildman–Crippen LogP) is 1.87. The van der Waals surface area contributed by atoms with Gasteiger partial charge in [-0.05, 0) is 24.7 Å². The van der Waals surface area contributed by atoms with Crippen molar-refractivity contribution in [2.24, 2.45) is 11.8 Å². The molecular formula is C11H17NO. The van der Waals surface area contributed by atoms with Crippen LogP contribution in [0.15, 0.2) is 11.8 Å². The number of carbonyl (C=O) groups is 1. The van der Waals surface area contributed by atoms with Crippen LogP contribution < -0.4 is 5.32 Å². The van der Waals surface area contributed by atoms with Gasteiger partial charge < -0.3 is 5.32 Å². The number of hydrogen-bond acceptors (Lipinski definition) is 2. The molecule has 0 amide bonds. The summed E-state index contributed by atoms with van der Waals surface area (Å²) in [7, 11) is 0. The van der Waals surface area contributed by atoms with Crippen LogP contribution in [0.4, 0.5) is 0 Å². The zero-order valence-electron chi connectivity index (χ0n) is 8.34. The number of nitrogens with one attached hydrogen (secondary N) is 1. The number of ketones is 1. The molecule has 0 saturated heterocycles. The Morgan fingerprint density at radius 2 is 2.15 bits per heavy atom. The Kier molecular flexibility index (Phi) is 2.14. The fourth-order valence-electron chi connectivity index (χ4n) is 2.17. The van der Waals surface area contributed by atoms with Gasteiger partial charge >= 0.3 is 0 Å².